The first kappa shape index (κ1) is 11.0. The lowest BCUT2D eigenvalue weighted by atomic mass is 10.3. The third-order valence-corrected chi connectivity index (χ3v) is 2.35. The Morgan fingerprint density at radius 1 is 1.56 bits per heavy atom. The summed E-state index contributed by atoms with van der Waals surface area (Å²) in [6, 6.07) is 5.35. The van der Waals surface area contributed by atoms with Gasteiger partial charge in [0.2, 0.25) is 0 Å². The molecular weight excluding hydrogens is 228 g/mol. The number of rotatable bonds is 3. The maximum Gasteiger partial charge on any atom is 0.313 e. The van der Waals surface area contributed by atoms with Crippen LogP contribution in [0.1, 0.15) is 12.7 Å². The molecule has 1 aromatic heterocycles. The first-order valence-electron chi connectivity index (χ1n) is 4.99. The second kappa shape index (κ2) is 4.53. The van der Waals surface area contributed by atoms with E-state index in [1.54, 1.807) is 19.1 Å². The molecule has 0 radical (unpaired) electrons. The van der Waals surface area contributed by atoms with Gasteiger partial charge in [0.15, 0.2) is 0 Å². The summed E-state index contributed by atoms with van der Waals surface area (Å²) in [6.45, 7) is 2.15. The molecule has 4 nitrogen and oxygen atoms in total. The lowest BCUT2D eigenvalue weighted by molar-refractivity contribution is -0.142. The number of aromatic nitrogens is 2. The summed E-state index contributed by atoms with van der Waals surface area (Å²) in [5, 5.41) is 0.638. The average Bonchev–Trinajstić information content (AvgIpc) is 2.59. The minimum atomic E-state index is -0.285. The summed E-state index contributed by atoms with van der Waals surface area (Å²) < 4.78 is 4.84. The number of imidazole rings is 1. The van der Waals surface area contributed by atoms with Gasteiger partial charge in [-0.05, 0) is 25.1 Å². The molecule has 0 saturated carbocycles. The number of aromatic amines is 1. The minimum Gasteiger partial charge on any atom is -0.466 e. The molecule has 0 unspecified atom stereocenters. The van der Waals surface area contributed by atoms with Gasteiger partial charge in [-0.25, -0.2) is 4.98 Å². The Bertz CT molecular complexity index is 522. The van der Waals surface area contributed by atoms with Crippen molar-refractivity contribution in [2.75, 3.05) is 6.61 Å². The molecule has 5 heteroatoms. The first-order valence-corrected chi connectivity index (χ1v) is 5.36. The Hall–Kier alpha value is -1.55. The zero-order valence-corrected chi connectivity index (χ0v) is 9.54. The summed E-state index contributed by atoms with van der Waals surface area (Å²) in [7, 11) is 0. The summed E-state index contributed by atoms with van der Waals surface area (Å²) in [5.41, 5.74) is 1.62. The van der Waals surface area contributed by atoms with E-state index >= 15 is 0 Å². The number of nitrogens with one attached hydrogen (secondary N) is 1. The third-order valence-electron chi connectivity index (χ3n) is 2.11. The van der Waals surface area contributed by atoms with Crippen molar-refractivity contribution >= 4 is 28.6 Å². The molecule has 2 aromatic rings. The molecule has 1 heterocycles. The van der Waals surface area contributed by atoms with Crippen LogP contribution in [0.4, 0.5) is 0 Å². The Labute approximate surface area is 97.6 Å². The quantitative estimate of drug-likeness (QED) is 0.835. The van der Waals surface area contributed by atoms with Gasteiger partial charge in [0.25, 0.3) is 0 Å². The molecule has 0 aliphatic carbocycles. The molecule has 84 valence electrons. The number of H-pyrrole nitrogens is 1. The van der Waals surface area contributed by atoms with Gasteiger partial charge in [0.05, 0.1) is 17.6 Å². The van der Waals surface area contributed by atoms with Crippen LogP contribution in [0.5, 0.6) is 0 Å². The Morgan fingerprint density at radius 2 is 2.38 bits per heavy atom. The van der Waals surface area contributed by atoms with Crippen LogP contribution in [0.3, 0.4) is 0 Å². The Kier molecular flexibility index (Phi) is 3.10. The summed E-state index contributed by atoms with van der Waals surface area (Å²) >= 11 is 5.84. The molecule has 0 aliphatic rings. The van der Waals surface area contributed by atoms with E-state index < -0.39 is 0 Å². The molecule has 0 aliphatic heterocycles. The molecule has 0 spiro atoms. The van der Waals surface area contributed by atoms with E-state index in [1.165, 1.54) is 0 Å². The highest BCUT2D eigenvalue weighted by molar-refractivity contribution is 6.31. The maximum atomic E-state index is 11.2. The van der Waals surface area contributed by atoms with Crippen LogP contribution in [-0.2, 0) is 16.0 Å². The monoisotopic (exact) mass is 238 g/mol. The number of hydrogen-bond acceptors (Lipinski definition) is 3. The van der Waals surface area contributed by atoms with Crippen LogP contribution in [0.15, 0.2) is 18.2 Å². The molecular formula is C11H11ClN2O2. The van der Waals surface area contributed by atoms with Gasteiger partial charge in [0.1, 0.15) is 12.2 Å². The molecule has 0 atom stereocenters. The second-order valence-corrected chi connectivity index (χ2v) is 3.76. The van der Waals surface area contributed by atoms with Gasteiger partial charge in [-0.1, -0.05) is 11.6 Å². The number of ether oxygens (including phenoxy) is 1. The normalized spacial score (nSPS) is 10.6. The highest BCUT2D eigenvalue weighted by atomic mass is 35.5. The molecule has 0 bridgehead atoms. The maximum absolute atomic E-state index is 11.2. The summed E-state index contributed by atoms with van der Waals surface area (Å²) in [5.74, 6) is 0.309. The van der Waals surface area contributed by atoms with Crippen molar-refractivity contribution in [2.24, 2.45) is 0 Å². The van der Waals surface area contributed by atoms with Crippen molar-refractivity contribution in [1.29, 1.82) is 0 Å². The zero-order valence-electron chi connectivity index (χ0n) is 8.79. The number of hydrogen-bond donors (Lipinski definition) is 1. The smallest absolute Gasteiger partial charge is 0.313 e. The van der Waals surface area contributed by atoms with E-state index in [1.807, 2.05) is 6.07 Å². The molecule has 0 amide bonds. The van der Waals surface area contributed by atoms with Crippen LogP contribution in [0.2, 0.25) is 5.02 Å². The number of nitrogens with zero attached hydrogens (tertiary/aromatic N) is 1. The molecule has 2 rings (SSSR count). The van der Waals surface area contributed by atoms with E-state index in [2.05, 4.69) is 9.97 Å². The number of halogens is 1. The van der Waals surface area contributed by atoms with Crippen LogP contribution in [0, 0.1) is 0 Å². The average molecular weight is 239 g/mol. The molecule has 0 fully saturated rings. The fourth-order valence-electron chi connectivity index (χ4n) is 1.47. The number of benzene rings is 1. The van der Waals surface area contributed by atoms with Crippen molar-refractivity contribution in [1.82, 2.24) is 9.97 Å². The third kappa shape index (κ3) is 2.33. The summed E-state index contributed by atoms with van der Waals surface area (Å²) in [6.07, 6.45) is 0.153. The first-order chi connectivity index (χ1) is 7.69. The van der Waals surface area contributed by atoms with Gasteiger partial charge < -0.3 is 9.72 Å². The fourth-order valence-corrected chi connectivity index (χ4v) is 1.64. The van der Waals surface area contributed by atoms with Gasteiger partial charge in [-0.2, -0.15) is 0 Å². The SMILES string of the molecule is CCOC(=O)Cc1nc2ccc(Cl)cc2[nH]1. The van der Waals surface area contributed by atoms with E-state index in [-0.39, 0.29) is 12.4 Å². The van der Waals surface area contributed by atoms with Crippen molar-refractivity contribution in [3.8, 4) is 0 Å². The van der Waals surface area contributed by atoms with E-state index in [0.717, 1.165) is 11.0 Å². The van der Waals surface area contributed by atoms with E-state index in [4.69, 9.17) is 16.3 Å². The van der Waals surface area contributed by atoms with Crippen LogP contribution in [-0.4, -0.2) is 22.5 Å². The lowest BCUT2D eigenvalue weighted by Crippen LogP contribution is -2.08. The number of carbonyl (C=O) groups is 1. The topological polar surface area (TPSA) is 55.0 Å². The van der Waals surface area contributed by atoms with Crippen molar-refractivity contribution in [3.05, 3.63) is 29.0 Å². The number of esters is 1. The zero-order chi connectivity index (χ0) is 11.5. The van der Waals surface area contributed by atoms with E-state index in [9.17, 15) is 4.79 Å². The molecule has 1 aromatic carbocycles. The Balaban J connectivity index is 2.23. The largest absolute Gasteiger partial charge is 0.466 e. The molecule has 1 N–H and O–H groups in total. The lowest BCUT2D eigenvalue weighted by Gasteiger charge is -1.97. The van der Waals surface area contributed by atoms with Crippen molar-refractivity contribution in [2.45, 2.75) is 13.3 Å². The van der Waals surface area contributed by atoms with Crippen LogP contribution >= 0.6 is 11.6 Å². The van der Waals surface area contributed by atoms with Gasteiger partial charge in [-0.3, -0.25) is 4.79 Å². The number of fused-ring (bicyclic) bond motifs is 1. The number of carbonyl (C=O) groups excluding carboxylic acids is 1. The van der Waals surface area contributed by atoms with E-state index in [0.29, 0.717) is 17.5 Å². The van der Waals surface area contributed by atoms with Gasteiger partial charge in [-0.15, -0.1) is 0 Å². The predicted molar refractivity (Wildman–Crippen MR) is 61.4 cm³/mol. The second-order valence-electron chi connectivity index (χ2n) is 3.33. The van der Waals surface area contributed by atoms with Crippen molar-refractivity contribution < 1.29 is 9.53 Å². The Morgan fingerprint density at radius 3 is 3.12 bits per heavy atom. The highest BCUT2D eigenvalue weighted by Gasteiger charge is 2.08. The fraction of sp³-hybridized carbons (Fsp3) is 0.273. The molecule has 0 saturated heterocycles. The standard InChI is InChI=1S/C11H11ClN2O2/c1-2-16-11(15)6-10-13-8-4-3-7(12)5-9(8)14-10/h3-5H,2,6H2,1H3,(H,13,14). The minimum absolute atomic E-state index is 0.153. The van der Waals surface area contributed by atoms with Gasteiger partial charge >= 0.3 is 5.97 Å². The van der Waals surface area contributed by atoms with Crippen LogP contribution < -0.4 is 0 Å². The molecule has 16 heavy (non-hydrogen) atoms. The predicted octanol–water partition coefficient (Wildman–Crippen LogP) is 2.32. The summed E-state index contributed by atoms with van der Waals surface area (Å²) in [4.78, 5) is 18.5. The highest BCUT2D eigenvalue weighted by Crippen LogP contribution is 2.17. The van der Waals surface area contributed by atoms with Crippen LogP contribution in [0.25, 0.3) is 11.0 Å². The van der Waals surface area contributed by atoms with Crippen molar-refractivity contribution in [3.63, 3.8) is 0 Å². The van der Waals surface area contributed by atoms with Gasteiger partial charge in [0, 0.05) is 5.02 Å².